The molecule has 0 spiro atoms. The van der Waals surface area contributed by atoms with Gasteiger partial charge in [-0.05, 0) is 37.1 Å². The van der Waals surface area contributed by atoms with E-state index in [4.69, 9.17) is 0 Å². The molecule has 0 heterocycles. The van der Waals surface area contributed by atoms with Crippen molar-refractivity contribution in [3.63, 3.8) is 0 Å². The highest BCUT2D eigenvalue weighted by Crippen LogP contribution is 2.31. The van der Waals surface area contributed by atoms with E-state index in [1.807, 2.05) is 36.4 Å². The van der Waals surface area contributed by atoms with Crippen LogP contribution in [0.2, 0.25) is 0 Å². The summed E-state index contributed by atoms with van der Waals surface area (Å²) in [7, 11) is 0. The zero-order valence-electron chi connectivity index (χ0n) is 10.0. The minimum absolute atomic E-state index is 0.250. The van der Waals surface area contributed by atoms with Crippen molar-refractivity contribution in [3.8, 4) is 16.9 Å². The molecule has 2 nitrogen and oxygen atoms in total. The molecule has 2 rings (SSSR count). The molecule has 0 aliphatic carbocycles. The lowest BCUT2D eigenvalue weighted by atomic mass is 9.94. The first-order chi connectivity index (χ1) is 7.98. The standard InChI is InChI=1S/C15H16O2/c1-15(2,17)12-7-5-6-11(10-12)13-8-3-4-9-14(13)16/h3-10,16-17H,1-2H3. The third kappa shape index (κ3) is 2.48. The summed E-state index contributed by atoms with van der Waals surface area (Å²) in [5.41, 5.74) is 1.64. The summed E-state index contributed by atoms with van der Waals surface area (Å²) >= 11 is 0. The van der Waals surface area contributed by atoms with Gasteiger partial charge >= 0.3 is 0 Å². The van der Waals surface area contributed by atoms with Crippen molar-refractivity contribution in [3.05, 3.63) is 54.1 Å². The van der Waals surface area contributed by atoms with E-state index in [2.05, 4.69) is 0 Å². The van der Waals surface area contributed by atoms with Gasteiger partial charge in [0, 0.05) is 5.56 Å². The summed E-state index contributed by atoms with van der Waals surface area (Å²) in [5.74, 6) is 0.250. The number of aliphatic hydroxyl groups is 1. The molecule has 17 heavy (non-hydrogen) atoms. The monoisotopic (exact) mass is 228 g/mol. The minimum atomic E-state index is -0.875. The Labute approximate surface area is 101 Å². The van der Waals surface area contributed by atoms with E-state index in [9.17, 15) is 10.2 Å². The minimum Gasteiger partial charge on any atom is -0.507 e. The molecule has 0 saturated carbocycles. The van der Waals surface area contributed by atoms with Gasteiger partial charge in [0.2, 0.25) is 0 Å². The summed E-state index contributed by atoms with van der Waals surface area (Å²) in [6.45, 7) is 3.49. The van der Waals surface area contributed by atoms with E-state index >= 15 is 0 Å². The first-order valence-electron chi connectivity index (χ1n) is 5.60. The predicted octanol–water partition coefficient (Wildman–Crippen LogP) is 3.29. The van der Waals surface area contributed by atoms with Gasteiger partial charge < -0.3 is 10.2 Å². The first-order valence-corrected chi connectivity index (χ1v) is 5.60. The lowest BCUT2D eigenvalue weighted by molar-refractivity contribution is 0.0786. The van der Waals surface area contributed by atoms with Crippen molar-refractivity contribution < 1.29 is 10.2 Å². The summed E-state index contributed by atoms with van der Waals surface area (Å²) in [4.78, 5) is 0. The molecule has 0 fully saturated rings. The fraction of sp³-hybridized carbons (Fsp3) is 0.200. The largest absolute Gasteiger partial charge is 0.507 e. The topological polar surface area (TPSA) is 40.5 Å². The molecule has 88 valence electrons. The van der Waals surface area contributed by atoms with Crippen LogP contribution in [0, 0.1) is 0 Å². The molecule has 0 radical (unpaired) electrons. The Balaban J connectivity index is 2.51. The van der Waals surface area contributed by atoms with Crippen molar-refractivity contribution >= 4 is 0 Å². The number of para-hydroxylation sites is 1. The van der Waals surface area contributed by atoms with Crippen molar-refractivity contribution in [1.29, 1.82) is 0 Å². The van der Waals surface area contributed by atoms with Crippen LogP contribution in [0.3, 0.4) is 0 Å². The maximum atomic E-state index is 9.97. The normalized spacial score (nSPS) is 11.5. The van der Waals surface area contributed by atoms with Crippen LogP contribution in [0.15, 0.2) is 48.5 Å². The third-order valence-corrected chi connectivity index (χ3v) is 2.78. The van der Waals surface area contributed by atoms with Crippen molar-refractivity contribution in [2.24, 2.45) is 0 Å². The van der Waals surface area contributed by atoms with Crippen LogP contribution >= 0.6 is 0 Å². The molecule has 0 bridgehead atoms. The quantitative estimate of drug-likeness (QED) is 0.828. The van der Waals surface area contributed by atoms with Gasteiger partial charge in [0.1, 0.15) is 5.75 Å². The Bertz CT molecular complexity index is 524. The number of hydrogen-bond acceptors (Lipinski definition) is 2. The molecule has 0 aromatic heterocycles. The second-order valence-corrected chi connectivity index (χ2v) is 4.66. The fourth-order valence-corrected chi connectivity index (χ4v) is 1.79. The van der Waals surface area contributed by atoms with Gasteiger partial charge in [-0.1, -0.05) is 36.4 Å². The molecular weight excluding hydrogens is 212 g/mol. The molecular formula is C15H16O2. The molecule has 2 aromatic carbocycles. The number of benzene rings is 2. The van der Waals surface area contributed by atoms with Crippen LogP contribution in [0.1, 0.15) is 19.4 Å². The van der Waals surface area contributed by atoms with Crippen LogP contribution in [0.5, 0.6) is 5.75 Å². The smallest absolute Gasteiger partial charge is 0.123 e. The third-order valence-electron chi connectivity index (χ3n) is 2.78. The van der Waals surface area contributed by atoms with E-state index in [0.29, 0.717) is 0 Å². The molecule has 0 aliphatic heterocycles. The Morgan fingerprint density at radius 1 is 0.941 bits per heavy atom. The molecule has 0 atom stereocenters. The molecule has 0 unspecified atom stereocenters. The fourth-order valence-electron chi connectivity index (χ4n) is 1.79. The molecule has 0 saturated heterocycles. The van der Waals surface area contributed by atoms with Gasteiger partial charge in [0.05, 0.1) is 5.60 Å². The van der Waals surface area contributed by atoms with E-state index in [0.717, 1.165) is 16.7 Å². The Morgan fingerprint density at radius 2 is 1.65 bits per heavy atom. The number of rotatable bonds is 2. The van der Waals surface area contributed by atoms with E-state index in [1.165, 1.54) is 0 Å². The zero-order chi connectivity index (χ0) is 12.5. The van der Waals surface area contributed by atoms with Crippen molar-refractivity contribution in [1.82, 2.24) is 0 Å². The van der Waals surface area contributed by atoms with Gasteiger partial charge in [-0.25, -0.2) is 0 Å². The molecule has 2 heteroatoms. The molecule has 0 aliphatic rings. The van der Waals surface area contributed by atoms with Crippen LogP contribution in [-0.4, -0.2) is 10.2 Å². The highest BCUT2D eigenvalue weighted by Gasteiger charge is 2.16. The van der Waals surface area contributed by atoms with Gasteiger partial charge in [-0.15, -0.1) is 0 Å². The second kappa shape index (κ2) is 4.22. The molecule has 0 amide bonds. The highest BCUT2D eigenvalue weighted by molar-refractivity contribution is 5.70. The molecule has 2 aromatic rings. The van der Waals surface area contributed by atoms with Crippen LogP contribution in [0.4, 0.5) is 0 Å². The van der Waals surface area contributed by atoms with Crippen LogP contribution in [0.25, 0.3) is 11.1 Å². The average Bonchev–Trinajstić information content (AvgIpc) is 2.29. The summed E-state index contributed by atoms with van der Waals surface area (Å²) in [6, 6.07) is 14.8. The lowest BCUT2D eigenvalue weighted by Crippen LogP contribution is -2.15. The van der Waals surface area contributed by atoms with Crippen LogP contribution in [-0.2, 0) is 5.60 Å². The van der Waals surface area contributed by atoms with Gasteiger partial charge in [-0.2, -0.15) is 0 Å². The number of phenols is 1. The summed E-state index contributed by atoms with van der Waals surface area (Å²) < 4.78 is 0. The highest BCUT2D eigenvalue weighted by atomic mass is 16.3. The maximum Gasteiger partial charge on any atom is 0.123 e. The van der Waals surface area contributed by atoms with Crippen molar-refractivity contribution in [2.75, 3.05) is 0 Å². The van der Waals surface area contributed by atoms with Gasteiger partial charge in [0.15, 0.2) is 0 Å². The SMILES string of the molecule is CC(C)(O)c1cccc(-c2ccccc2O)c1. The van der Waals surface area contributed by atoms with Crippen LogP contribution < -0.4 is 0 Å². The summed E-state index contributed by atoms with van der Waals surface area (Å²) in [5, 5.41) is 19.8. The van der Waals surface area contributed by atoms with E-state index < -0.39 is 5.60 Å². The van der Waals surface area contributed by atoms with Gasteiger partial charge in [0.25, 0.3) is 0 Å². The second-order valence-electron chi connectivity index (χ2n) is 4.66. The first kappa shape index (κ1) is 11.7. The number of phenolic OH excluding ortho intramolecular Hbond substituents is 1. The Kier molecular flexibility index (Phi) is 2.90. The average molecular weight is 228 g/mol. The Morgan fingerprint density at radius 3 is 2.29 bits per heavy atom. The maximum absolute atomic E-state index is 9.97. The Hall–Kier alpha value is -1.80. The summed E-state index contributed by atoms with van der Waals surface area (Å²) in [6.07, 6.45) is 0. The zero-order valence-corrected chi connectivity index (χ0v) is 10.0. The molecule has 2 N–H and O–H groups in total. The van der Waals surface area contributed by atoms with E-state index in [-0.39, 0.29) is 5.75 Å². The van der Waals surface area contributed by atoms with E-state index in [1.54, 1.807) is 26.0 Å². The predicted molar refractivity (Wildman–Crippen MR) is 68.8 cm³/mol. The number of hydrogen-bond donors (Lipinski definition) is 2. The lowest BCUT2D eigenvalue weighted by Gasteiger charge is -2.18. The van der Waals surface area contributed by atoms with Gasteiger partial charge in [-0.3, -0.25) is 0 Å². The van der Waals surface area contributed by atoms with Crippen molar-refractivity contribution in [2.45, 2.75) is 19.4 Å². The number of aromatic hydroxyl groups is 1.